The summed E-state index contributed by atoms with van der Waals surface area (Å²) in [5, 5.41) is 3.32. The average molecular weight is 405 g/mol. The number of carbonyl (C=O) groups is 1. The van der Waals surface area contributed by atoms with E-state index in [2.05, 4.69) is 22.3 Å². The molecule has 2 aromatic rings. The molecule has 0 aliphatic carbocycles. The third-order valence-electron chi connectivity index (χ3n) is 4.96. The first-order valence-corrected chi connectivity index (χ1v) is 9.53. The molecule has 1 saturated heterocycles. The van der Waals surface area contributed by atoms with Gasteiger partial charge in [-0.2, -0.15) is 0 Å². The minimum Gasteiger partial charge on any atom is -0.497 e. The number of nitrogens with zero attached hydrogens (tertiary/aromatic N) is 1. The van der Waals surface area contributed by atoms with Crippen LogP contribution in [0, 0.1) is 0 Å². The molecule has 1 fully saturated rings. The summed E-state index contributed by atoms with van der Waals surface area (Å²) >= 11 is 6.19. The van der Waals surface area contributed by atoms with Crippen molar-refractivity contribution >= 4 is 23.2 Å². The molecule has 1 amide bonds. The standard InChI is InChI=1S/C21H25ClN2O4/c1-26-15-8-6-14(7-9-15)18-5-4-10-24(18)13-21(25)23-17-11-16(22)19(27-2)12-20(17)28-3/h6-9,11-12,18H,4-5,10,13H2,1-3H3,(H,23,25). The summed E-state index contributed by atoms with van der Waals surface area (Å²) in [6.45, 7) is 1.17. The summed E-state index contributed by atoms with van der Waals surface area (Å²) in [5.74, 6) is 1.72. The van der Waals surface area contributed by atoms with E-state index in [0.29, 0.717) is 28.8 Å². The van der Waals surface area contributed by atoms with E-state index in [-0.39, 0.29) is 11.9 Å². The van der Waals surface area contributed by atoms with Crippen LogP contribution in [-0.2, 0) is 4.79 Å². The monoisotopic (exact) mass is 404 g/mol. The highest BCUT2D eigenvalue weighted by atomic mass is 35.5. The maximum absolute atomic E-state index is 12.7. The predicted molar refractivity (Wildman–Crippen MR) is 110 cm³/mol. The van der Waals surface area contributed by atoms with Crippen molar-refractivity contribution in [1.29, 1.82) is 0 Å². The Balaban J connectivity index is 1.69. The van der Waals surface area contributed by atoms with E-state index in [4.69, 9.17) is 25.8 Å². The molecule has 28 heavy (non-hydrogen) atoms. The van der Waals surface area contributed by atoms with Gasteiger partial charge in [0.2, 0.25) is 5.91 Å². The molecular formula is C21H25ClN2O4. The van der Waals surface area contributed by atoms with E-state index in [1.165, 1.54) is 12.7 Å². The first-order chi connectivity index (χ1) is 13.5. The maximum Gasteiger partial charge on any atom is 0.238 e. The largest absolute Gasteiger partial charge is 0.497 e. The lowest BCUT2D eigenvalue weighted by Gasteiger charge is -2.24. The molecule has 2 aromatic carbocycles. The van der Waals surface area contributed by atoms with Gasteiger partial charge in [0, 0.05) is 12.1 Å². The van der Waals surface area contributed by atoms with Crippen molar-refractivity contribution in [2.45, 2.75) is 18.9 Å². The smallest absolute Gasteiger partial charge is 0.238 e. The van der Waals surface area contributed by atoms with Crippen LogP contribution in [0.1, 0.15) is 24.4 Å². The Kier molecular flexibility index (Phi) is 6.65. The Morgan fingerprint density at radius 1 is 1.11 bits per heavy atom. The molecule has 1 N–H and O–H groups in total. The Bertz CT molecular complexity index is 826. The minimum absolute atomic E-state index is 0.111. The molecule has 0 bridgehead atoms. The highest BCUT2D eigenvalue weighted by Gasteiger charge is 2.28. The summed E-state index contributed by atoms with van der Waals surface area (Å²) in [7, 11) is 4.73. The normalized spacial score (nSPS) is 16.6. The summed E-state index contributed by atoms with van der Waals surface area (Å²) in [5.41, 5.74) is 1.72. The second-order valence-corrected chi connectivity index (χ2v) is 7.04. The van der Waals surface area contributed by atoms with Crippen molar-refractivity contribution in [3.63, 3.8) is 0 Å². The molecule has 1 atom stereocenters. The molecular weight excluding hydrogens is 380 g/mol. The fraction of sp³-hybridized carbons (Fsp3) is 0.381. The topological polar surface area (TPSA) is 60.0 Å². The van der Waals surface area contributed by atoms with Gasteiger partial charge in [0.15, 0.2) is 0 Å². The van der Waals surface area contributed by atoms with E-state index in [1.54, 1.807) is 26.4 Å². The van der Waals surface area contributed by atoms with Gasteiger partial charge in [0.05, 0.1) is 38.6 Å². The summed E-state index contributed by atoms with van der Waals surface area (Å²) in [6.07, 6.45) is 2.08. The lowest BCUT2D eigenvalue weighted by Crippen LogP contribution is -2.33. The third kappa shape index (κ3) is 4.51. The number of anilines is 1. The second-order valence-electron chi connectivity index (χ2n) is 6.64. The van der Waals surface area contributed by atoms with E-state index in [0.717, 1.165) is 25.1 Å². The van der Waals surface area contributed by atoms with Crippen LogP contribution < -0.4 is 19.5 Å². The quantitative estimate of drug-likeness (QED) is 0.751. The lowest BCUT2D eigenvalue weighted by atomic mass is 10.0. The zero-order valence-electron chi connectivity index (χ0n) is 16.3. The predicted octanol–water partition coefficient (Wildman–Crippen LogP) is 4.14. The Morgan fingerprint density at radius 3 is 2.46 bits per heavy atom. The summed E-state index contributed by atoms with van der Waals surface area (Å²) < 4.78 is 15.8. The van der Waals surface area contributed by atoms with Crippen LogP contribution in [0.2, 0.25) is 5.02 Å². The van der Waals surface area contributed by atoms with Gasteiger partial charge in [-0.25, -0.2) is 0 Å². The Morgan fingerprint density at radius 2 is 1.82 bits per heavy atom. The minimum atomic E-state index is -0.111. The van der Waals surface area contributed by atoms with Crippen molar-refractivity contribution in [2.24, 2.45) is 0 Å². The number of methoxy groups -OCH3 is 3. The molecule has 150 valence electrons. The Labute approximate surface area is 170 Å². The molecule has 0 radical (unpaired) electrons. The van der Waals surface area contributed by atoms with Gasteiger partial charge >= 0.3 is 0 Å². The van der Waals surface area contributed by atoms with Crippen LogP contribution in [0.5, 0.6) is 17.2 Å². The number of nitrogens with one attached hydrogen (secondary N) is 1. The number of hydrogen-bond acceptors (Lipinski definition) is 5. The molecule has 7 heteroatoms. The van der Waals surface area contributed by atoms with Crippen LogP contribution in [0.25, 0.3) is 0 Å². The first-order valence-electron chi connectivity index (χ1n) is 9.15. The SMILES string of the molecule is COc1ccc(C2CCCN2CC(=O)Nc2cc(Cl)c(OC)cc2OC)cc1. The van der Waals surface area contributed by atoms with Crippen molar-refractivity contribution in [3.05, 3.63) is 47.0 Å². The van der Waals surface area contributed by atoms with E-state index >= 15 is 0 Å². The molecule has 1 aliphatic rings. The van der Waals surface area contributed by atoms with Crippen molar-refractivity contribution in [2.75, 3.05) is 39.7 Å². The molecule has 0 aromatic heterocycles. The second kappa shape index (κ2) is 9.17. The number of rotatable bonds is 7. The first kappa shape index (κ1) is 20.3. The zero-order chi connectivity index (χ0) is 20.1. The molecule has 1 heterocycles. The maximum atomic E-state index is 12.7. The number of ether oxygens (including phenoxy) is 3. The molecule has 0 spiro atoms. The number of carbonyl (C=O) groups excluding carboxylic acids is 1. The molecule has 0 saturated carbocycles. The third-order valence-corrected chi connectivity index (χ3v) is 5.25. The van der Waals surface area contributed by atoms with Crippen LogP contribution in [0.3, 0.4) is 0 Å². The van der Waals surface area contributed by atoms with Crippen molar-refractivity contribution in [1.82, 2.24) is 4.90 Å². The van der Waals surface area contributed by atoms with Gasteiger partial charge in [-0.3, -0.25) is 9.69 Å². The molecule has 1 unspecified atom stereocenters. The van der Waals surface area contributed by atoms with Crippen LogP contribution in [0.4, 0.5) is 5.69 Å². The molecule has 6 nitrogen and oxygen atoms in total. The molecule has 1 aliphatic heterocycles. The van der Waals surface area contributed by atoms with Gasteiger partial charge < -0.3 is 19.5 Å². The number of amides is 1. The highest BCUT2D eigenvalue weighted by molar-refractivity contribution is 6.32. The van der Waals surface area contributed by atoms with Gasteiger partial charge in [-0.15, -0.1) is 0 Å². The van der Waals surface area contributed by atoms with Crippen molar-refractivity contribution < 1.29 is 19.0 Å². The van der Waals surface area contributed by atoms with Gasteiger partial charge in [0.1, 0.15) is 17.2 Å². The fourth-order valence-corrected chi connectivity index (χ4v) is 3.79. The van der Waals surface area contributed by atoms with E-state index in [1.807, 2.05) is 12.1 Å². The summed E-state index contributed by atoms with van der Waals surface area (Å²) in [6, 6.07) is 11.6. The number of halogens is 1. The zero-order valence-corrected chi connectivity index (χ0v) is 17.1. The fourth-order valence-electron chi connectivity index (χ4n) is 3.55. The van der Waals surface area contributed by atoms with Gasteiger partial charge in [0.25, 0.3) is 0 Å². The van der Waals surface area contributed by atoms with Gasteiger partial charge in [-0.1, -0.05) is 23.7 Å². The lowest BCUT2D eigenvalue weighted by molar-refractivity contribution is -0.117. The number of hydrogen-bond donors (Lipinski definition) is 1. The van der Waals surface area contributed by atoms with Crippen LogP contribution in [0.15, 0.2) is 36.4 Å². The van der Waals surface area contributed by atoms with Crippen LogP contribution in [-0.4, -0.2) is 45.2 Å². The summed E-state index contributed by atoms with van der Waals surface area (Å²) in [4.78, 5) is 14.9. The van der Waals surface area contributed by atoms with E-state index in [9.17, 15) is 4.79 Å². The Hall–Kier alpha value is -2.44. The average Bonchev–Trinajstić information content (AvgIpc) is 3.16. The van der Waals surface area contributed by atoms with E-state index < -0.39 is 0 Å². The number of benzene rings is 2. The van der Waals surface area contributed by atoms with Gasteiger partial charge in [-0.05, 0) is 43.1 Å². The van der Waals surface area contributed by atoms with Crippen LogP contribution >= 0.6 is 11.6 Å². The highest BCUT2D eigenvalue weighted by Crippen LogP contribution is 2.36. The van der Waals surface area contributed by atoms with Crippen molar-refractivity contribution in [3.8, 4) is 17.2 Å². The molecule has 3 rings (SSSR count). The number of likely N-dealkylation sites (tertiary alicyclic amines) is 1.